The van der Waals surface area contributed by atoms with E-state index in [2.05, 4.69) is 10.6 Å². The molecule has 3 N–H and O–H groups in total. The van der Waals surface area contributed by atoms with Crippen molar-refractivity contribution < 1.29 is 14.3 Å². The van der Waals surface area contributed by atoms with Gasteiger partial charge in [-0.2, -0.15) is 0 Å². The fraction of sp³-hybridized carbons (Fsp3) is 0.462. The molecule has 2 rings (SSSR count). The van der Waals surface area contributed by atoms with Crippen molar-refractivity contribution in [1.82, 2.24) is 5.32 Å². The summed E-state index contributed by atoms with van der Waals surface area (Å²) >= 11 is 0. The third kappa shape index (κ3) is 3.20. The number of rotatable bonds is 4. The van der Waals surface area contributed by atoms with E-state index >= 15 is 0 Å². The SMILES string of the molecule is O=C(O)c1ccc(F)c(NCC2CCCCN2)c1. The quantitative estimate of drug-likeness (QED) is 0.767. The second-order valence-corrected chi connectivity index (χ2v) is 4.53. The van der Waals surface area contributed by atoms with Crippen molar-refractivity contribution in [3.05, 3.63) is 29.6 Å². The highest BCUT2D eigenvalue weighted by Gasteiger charge is 2.13. The van der Waals surface area contributed by atoms with E-state index in [1.54, 1.807) is 0 Å². The van der Waals surface area contributed by atoms with E-state index in [9.17, 15) is 9.18 Å². The van der Waals surface area contributed by atoms with Gasteiger partial charge in [-0.1, -0.05) is 6.42 Å². The van der Waals surface area contributed by atoms with Gasteiger partial charge in [-0.15, -0.1) is 0 Å². The maximum atomic E-state index is 13.5. The van der Waals surface area contributed by atoms with E-state index in [1.165, 1.54) is 31.0 Å². The zero-order valence-corrected chi connectivity index (χ0v) is 10.1. The summed E-state index contributed by atoms with van der Waals surface area (Å²) in [5.41, 5.74) is 0.345. The fourth-order valence-corrected chi connectivity index (χ4v) is 2.13. The summed E-state index contributed by atoms with van der Waals surface area (Å²) in [5.74, 6) is -1.47. The number of piperidine rings is 1. The van der Waals surface area contributed by atoms with E-state index in [0.717, 1.165) is 13.0 Å². The minimum Gasteiger partial charge on any atom is -0.478 e. The van der Waals surface area contributed by atoms with Gasteiger partial charge in [0.15, 0.2) is 0 Å². The molecule has 1 unspecified atom stereocenters. The summed E-state index contributed by atoms with van der Waals surface area (Å²) in [6, 6.07) is 4.11. The third-order valence-corrected chi connectivity index (χ3v) is 3.16. The molecule has 1 aliphatic rings. The molecule has 0 aromatic heterocycles. The molecule has 98 valence electrons. The zero-order chi connectivity index (χ0) is 13.0. The van der Waals surface area contributed by atoms with Crippen molar-refractivity contribution in [3.8, 4) is 0 Å². The third-order valence-electron chi connectivity index (χ3n) is 3.16. The Bertz CT molecular complexity index is 431. The van der Waals surface area contributed by atoms with Crippen LogP contribution in [0.3, 0.4) is 0 Å². The Morgan fingerprint density at radius 1 is 1.50 bits per heavy atom. The van der Waals surface area contributed by atoms with Crippen molar-refractivity contribution >= 4 is 11.7 Å². The molecule has 18 heavy (non-hydrogen) atoms. The minimum atomic E-state index is -1.05. The lowest BCUT2D eigenvalue weighted by molar-refractivity contribution is 0.0697. The van der Waals surface area contributed by atoms with E-state index in [4.69, 9.17) is 5.11 Å². The number of carboxylic acid groups (broad SMARTS) is 1. The molecule has 1 fully saturated rings. The molecule has 4 nitrogen and oxygen atoms in total. The second kappa shape index (κ2) is 5.82. The van der Waals surface area contributed by atoms with Crippen LogP contribution in [-0.2, 0) is 0 Å². The van der Waals surface area contributed by atoms with Crippen molar-refractivity contribution in [2.45, 2.75) is 25.3 Å². The van der Waals surface area contributed by atoms with Gasteiger partial charge in [0.2, 0.25) is 0 Å². The number of aromatic carboxylic acids is 1. The molecular formula is C13H17FN2O2. The van der Waals surface area contributed by atoms with Crippen LogP contribution in [0.5, 0.6) is 0 Å². The number of nitrogens with one attached hydrogen (secondary N) is 2. The smallest absolute Gasteiger partial charge is 0.335 e. The number of carbonyl (C=O) groups is 1. The Morgan fingerprint density at radius 2 is 2.33 bits per heavy atom. The average Bonchev–Trinajstić information content (AvgIpc) is 2.38. The molecule has 1 aliphatic heterocycles. The van der Waals surface area contributed by atoms with Gasteiger partial charge in [0.25, 0.3) is 0 Å². The molecule has 1 aromatic carbocycles. The van der Waals surface area contributed by atoms with Crippen LogP contribution in [0.2, 0.25) is 0 Å². The molecule has 1 saturated heterocycles. The van der Waals surface area contributed by atoms with Gasteiger partial charge in [-0.25, -0.2) is 9.18 Å². The van der Waals surface area contributed by atoms with Gasteiger partial charge >= 0.3 is 5.97 Å². The topological polar surface area (TPSA) is 61.4 Å². The first kappa shape index (κ1) is 12.8. The maximum Gasteiger partial charge on any atom is 0.335 e. The largest absolute Gasteiger partial charge is 0.478 e. The van der Waals surface area contributed by atoms with Gasteiger partial charge in [-0.3, -0.25) is 0 Å². The van der Waals surface area contributed by atoms with Crippen molar-refractivity contribution in [2.24, 2.45) is 0 Å². The predicted octanol–water partition coefficient (Wildman–Crippen LogP) is 2.08. The molecule has 0 aliphatic carbocycles. The summed E-state index contributed by atoms with van der Waals surface area (Å²) in [6.45, 7) is 1.60. The van der Waals surface area contributed by atoms with Gasteiger partial charge < -0.3 is 15.7 Å². The highest BCUT2D eigenvalue weighted by atomic mass is 19.1. The van der Waals surface area contributed by atoms with E-state index in [0.29, 0.717) is 12.6 Å². The molecule has 0 radical (unpaired) electrons. The highest BCUT2D eigenvalue weighted by molar-refractivity contribution is 5.88. The first-order chi connectivity index (χ1) is 8.66. The lowest BCUT2D eigenvalue weighted by Gasteiger charge is -2.24. The van der Waals surface area contributed by atoms with Crippen molar-refractivity contribution in [1.29, 1.82) is 0 Å². The van der Waals surface area contributed by atoms with Crippen LogP contribution in [0.4, 0.5) is 10.1 Å². The molecular weight excluding hydrogens is 235 g/mol. The van der Waals surface area contributed by atoms with Crippen LogP contribution >= 0.6 is 0 Å². The Hall–Kier alpha value is -1.62. The first-order valence-corrected chi connectivity index (χ1v) is 6.17. The van der Waals surface area contributed by atoms with Crippen LogP contribution in [0.15, 0.2) is 18.2 Å². The number of benzene rings is 1. The zero-order valence-electron chi connectivity index (χ0n) is 10.1. The second-order valence-electron chi connectivity index (χ2n) is 4.53. The van der Waals surface area contributed by atoms with Crippen molar-refractivity contribution in [2.75, 3.05) is 18.4 Å². The molecule has 0 spiro atoms. The van der Waals surface area contributed by atoms with Gasteiger partial charge in [-0.05, 0) is 37.6 Å². The number of hydrogen-bond acceptors (Lipinski definition) is 3. The van der Waals surface area contributed by atoms with Gasteiger partial charge in [0.05, 0.1) is 11.3 Å². The standard InChI is InChI=1S/C13H17FN2O2/c14-11-5-4-9(13(17)18)7-12(11)16-8-10-3-1-2-6-15-10/h4-5,7,10,15-16H,1-3,6,8H2,(H,17,18). The van der Waals surface area contributed by atoms with Gasteiger partial charge in [0.1, 0.15) is 5.82 Å². The molecule has 0 amide bonds. The molecule has 5 heteroatoms. The maximum absolute atomic E-state index is 13.5. The number of halogens is 1. The van der Waals surface area contributed by atoms with Gasteiger partial charge in [0, 0.05) is 12.6 Å². The fourth-order valence-electron chi connectivity index (χ4n) is 2.13. The summed E-state index contributed by atoms with van der Waals surface area (Å²) in [6.07, 6.45) is 3.42. The summed E-state index contributed by atoms with van der Waals surface area (Å²) in [5, 5.41) is 15.2. The normalized spacial score (nSPS) is 19.5. The lowest BCUT2D eigenvalue weighted by atomic mass is 10.0. The summed E-state index contributed by atoms with van der Waals surface area (Å²) in [7, 11) is 0. The van der Waals surface area contributed by atoms with Crippen LogP contribution in [0.1, 0.15) is 29.6 Å². The lowest BCUT2D eigenvalue weighted by Crippen LogP contribution is -2.39. The first-order valence-electron chi connectivity index (χ1n) is 6.17. The summed E-state index contributed by atoms with van der Waals surface area (Å²) < 4.78 is 13.5. The Kier molecular flexibility index (Phi) is 4.15. The van der Waals surface area contributed by atoms with Crippen LogP contribution in [-0.4, -0.2) is 30.2 Å². The number of anilines is 1. The van der Waals surface area contributed by atoms with E-state index < -0.39 is 11.8 Å². The number of carboxylic acids is 1. The Balaban J connectivity index is 1.99. The predicted molar refractivity (Wildman–Crippen MR) is 67.5 cm³/mol. The minimum absolute atomic E-state index is 0.0931. The van der Waals surface area contributed by atoms with Crippen LogP contribution in [0, 0.1) is 5.82 Å². The Labute approximate surface area is 105 Å². The molecule has 1 atom stereocenters. The molecule has 1 heterocycles. The Morgan fingerprint density at radius 3 is 3.00 bits per heavy atom. The highest BCUT2D eigenvalue weighted by Crippen LogP contribution is 2.17. The molecule has 0 saturated carbocycles. The van der Waals surface area contributed by atoms with Crippen LogP contribution < -0.4 is 10.6 Å². The van der Waals surface area contributed by atoms with Crippen molar-refractivity contribution in [3.63, 3.8) is 0 Å². The van der Waals surface area contributed by atoms with E-state index in [1.807, 2.05) is 0 Å². The molecule has 1 aromatic rings. The van der Waals surface area contributed by atoms with E-state index in [-0.39, 0.29) is 11.3 Å². The molecule has 0 bridgehead atoms. The van der Waals surface area contributed by atoms with Crippen LogP contribution in [0.25, 0.3) is 0 Å². The number of hydrogen-bond donors (Lipinski definition) is 3. The monoisotopic (exact) mass is 252 g/mol. The summed E-state index contributed by atoms with van der Waals surface area (Å²) in [4.78, 5) is 10.8. The average molecular weight is 252 g/mol.